The van der Waals surface area contributed by atoms with E-state index in [9.17, 15) is 4.79 Å². The average molecular weight is 275 g/mol. The molecule has 1 heterocycles. The molecule has 0 aliphatic rings. The van der Waals surface area contributed by atoms with Gasteiger partial charge >= 0.3 is 0 Å². The molecule has 19 heavy (non-hydrogen) atoms. The number of nitrogens with one attached hydrogen (secondary N) is 1. The number of anilines is 1. The number of carbonyl (C=O) groups excluding carboxylic acids is 1. The Hall–Kier alpha value is -1.75. The van der Waals surface area contributed by atoms with Gasteiger partial charge in [-0.3, -0.25) is 4.79 Å². The second-order valence-corrected chi connectivity index (χ2v) is 5.20. The Kier molecular flexibility index (Phi) is 4.63. The fraction of sp³-hybridized carbons (Fsp3) is 0.357. The van der Waals surface area contributed by atoms with Gasteiger partial charge in [0.25, 0.3) is 5.91 Å². The van der Waals surface area contributed by atoms with E-state index < -0.39 is 0 Å². The fourth-order valence-electron chi connectivity index (χ4n) is 1.76. The number of aromatic nitrogens is 2. The van der Waals surface area contributed by atoms with Crippen LogP contribution < -0.4 is 5.32 Å². The van der Waals surface area contributed by atoms with Gasteiger partial charge in [0.05, 0.1) is 5.69 Å². The van der Waals surface area contributed by atoms with Crippen molar-refractivity contribution < 1.29 is 4.79 Å². The number of carbonyl (C=O) groups is 1. The summed E-state index contributed by atoms with van der Waals surface area (Å²) in [4.78, 5) is 12.5. The van der Waals surface area contributed by atoms with Crippen LogP contribution in [0.3, 0.4) is 0 Å². The predicted octanol–water partition coefficient (Wildman–Crippen LogP) is 3.44. The lowest BCUT2D eigenvalue weighted by Gasteiger charge is -2.05. The van der Waals surface area contributed by atoms with Gasteiger partial charge in [-0.2, -0.15) is 0 Å². The number of benzene rings is 1. The molecule has 0 saturated carbocycles. The van der Waals surface area contributed by atoms with E-state index >= 15 is 0 Å². The minimum absolute atomic E-state index is 0.145. The summed E-state index contributed by atoms with van der Waals surface area (Å²) in [5, 5.41) is 6.69. The summed E-state index contributed by atoms with van der Waals surface area (Å²) < 4.78 is 3.76. The van der Waals surface area contributed by atoms with Crippen LogP contribution in [0.25, 0.3) is 0 Å². The van der Waals surface area contributed by atoms with E-state index in [4.69, 9.17) is 0 Å². The zero-order valence-corrected chi connectivity index (χ0v) is 12.0. The number of aryl methyl sites for hydroxylation is 2. The molecule has 1 aromatic carbocycles. The van der Waals surface area contributed by atoms with E-state index in [0.717, 1.165) is 23.6 Å². The standard InChI is InChI=1S/C14H17N3OS/c1-3-4-5-11-6-8-12(9-7-11)15-14(18)13-10(2)16-17-19-13/h6-9H,3-5H2,1-2H3,(H,15,18). The van der Waals surface area contributed by atoms with E-state index in [1.54, 1.807) is 6.92 Å². The maximum absolute atomic E-state index is 12.0. The first-order chi connectivity index (χ1) is 9.20. The summed E-state index contributed by atoms with van der Waals surface area (Å²) in [6.45, 7) is 3.96. The Balaban J connectivity index is 2.00. The summed E-state index contributed by atoms with van der Waals surface area (Å²) in [5.41, 5.74) is 2.77. The predicted molar refractivity (Wildman–Crippen MR) is 77.7 cm³/mol. The number of nitrogens with zero attached hydrogens (tertiary/aromatic N) is 2. The Morgan fingerprint density at radius 2 is 2.05 bits per heavy atom. The number of amides is 1. The topological polar surface area (TPSA) is 54.9 Å². The van der Waals surface area contributed by atoms with Gasteiger partial charge < -0.3 is 5.32 Å². The lowest BCUT2D eigenvalue weighted by atomic mass is 10.1. The Morgan fingerprint density at radius 1 is 1.32 bits per heavy atom. The third kappa shape index (κ3) is 3.61. The van der Waals surface area contributed by atoms with Crippen LogP contribution >= 0.6 is 11.5 Å². The van der Waals surface area contributed by atoms with Crippen molar-refractivity contribution in [1.29, 1.82) is 0 Å². The van der Waals surface area contributed by atoms with E-state index in [2.05, 4.69) is 34.0 Å². The summed E-state index contributed by atoms with van der Waals surface area (Å²) >= 11 is 1.12. The van der Waals surface area contributed by atoms with Crippen molar-refractivity contribution in [3.8, 4) is 0 Å². The van der Waals surface area contributed by atoms with Crippen LogP contribution in [0.5, 0.6) is 0 Å². The Morgan fingerprint density at radius 3 is 2.63 bits per heavy atom. The number of rotatable bonds is 5. The van der Waals surface area contributed by atoms with Gasteiger partial charge in [0.15, 0.2) is 0 Å². The molecular weight excluding hydrogens is 258 g/mol. The van der Waals surface area contributed by atoms with Gasteiger partial charge in [0.2, 0.25) is 0 Å². The van der Waals surface area contributed by atoms with Crippen molar-refractivity contribution in [1.82, 2.24) is 9.59 Å². The summed E-state index contributed by atoms with van der Waals surface area (Å²) in [7, 11) is 0. The highest BCUT2D eigenvalue weighted by atomic mass is 32.1. The Bertz CT molecular complexity index is 548. The van der Waals surface area contributed by atoms with Crippen molar-refractivity contribution in [2.75, 3.05) is 5.32 Å². The summed E-state index contributed by atoms with van der Waals surface area (Å²) in [5.74, 6) is -0.145. The highest BCUT2D eigenvalue weighted by Crippen LogP contribution is 2.15. The lowest BCUT2D eigenvalue weighted by molar-refractivity contribution is 0.103. The van der Waals surface area contributed by atoms with Gasteiger partial charge in [-0.1, -0.05) is 30.0 Å². The third-order valence-corrected chi connectivity index (χ3v) is 3.72. The monoisotopic (exact) mass is 275 g/mol. The molecule has 0 fully saturated rings. The summed E-state index contributed by atoms with van der Waals surface area (Å²) in [6.07, 6.45) is 3.47. The maximum Gasteiger partial charge on any atom is 0.269 e. The molecule has 1 aromatic heterocycles. The molecule has 0 spiro atoms. The highest BCUT2D eigenvalue weighted by molar-refractivity contribution is 7.08. The molecule has 1 N–H and O–H groups in total. The zero-order chi connectivity index (χ0) is 13.7. The van der Waals surface area contributed by atoms with E-state index in [1.807, 2.05) is 12.1 Å². The molecule has 100 valence electrons. The quantitative estimate of drug-likeness (QED) is 0.909. The number of unbranched alkanes of at least 4 members (excludes halogenated alkanes) is 1. The molecule has 0 saturated heterocycles. The molecule has 0 aliphatic carbocycles. The van der Waals surface area contributed by atoms with Crippen molar-refractivity contribution in [2.24, 2.45) is 0 Å². The highest BCUT2D eigenvalue weighted by Gasteiger charge is 2.12. The molecule has 2 rings (SSSR count). The SMILES string of the molecule is CCCCc1ccc(NC(=O)c2snnc2C)cc1. The Labute approximate surface area is 117 Å². The van der Waals surface area contributed by atoms with Gasteiger partial charge in [-0.05, 0) is 49.0 Å². The summed E-state index contributed by atoms with van der Waals surface area (Å²) in [6, 6.07) is 7.99. The molecule has 0 atom stereocenters. The van der Waals surface area contributed by atoms with Crippen LogP contribution in [0, 0.1) is 6.92 Å². The van der Waals surface area contributed by atoms with Gasteiger partial charge in [0.1, 0.15) is 4.88 Å². The fourth-order valence-corrected chi connectivity index (χ4v) is 2.32. The van der Waals surface area contributed by atoms with Crippen LogP contribution in [-0.2, 0) is 6.42 Å². The van der Waals surface area contributed by atoms with Gasteiger partial charge in [-0.25, -0.2) is 0 Å². The molecule has 0 radical (unpaired) electrons. The maximum atomic E-state index is 12.0. The number of hydrogen-bond donors (Lipinski definition) is 1. The first-order valence-corrected chi connectivity index (χ1v) is 7.17. The van der Waals surface area contributed by atoms with E-state index in [-0.39, 0.29) is 5.91 Å². The van der Waals surface area contributed by atoms with Crippen LogP contribution in [-0.4, -0.2) is 15.5 Å². The van der Waals surface area contributed by atoms with Crippen molar-refractivity contribution in [3.05, 3.63) is 40.4 Å². The molecular formula is C14H17N3OS. The molecule has 0 aliphatic heterocycles. The smallest absolute Gasteiger partial charge is 0.269 e. The van der Waals surface area contributed by atoms with E-state index in [1.165, 1.54) is 18.4 Å². The molecule has 4 nitrogen and oxygen atoms in total. The first kappa shape index (κ1) is 13.7. The second kappa shape index (κ2) is 6.43. The minimum Gasteiger partial charge on any atom is -0.321 e. The van der Waals surface area contributed by atoms with Crippen LogP contribution in [0.2, 0.25) is 0 Å². The molecule has 1 amide bonds. The van der Waals surface area contributed by atoms with Crippen LogP contribution in [0.15, 0.2) is 24.3 Å². The normalized spacial score (nSPS) is 10.4. The first-order valence-electron chi connectivity index (χ1n) is 6.40. The van der Waals surface area contributed by atoms with Gasteiger partial charge in [-0.15, -0.1) is 5.10 Å². The third-order valence-electron chi connectivity index (χ3n) is 2.89. The van der Waals surface area contributed by atoms with E-state index in [0.29, 0.717) is 10.6 Å². The average Bonchev–Trinajstić information content (AvgIpc) is 2.84. The largest absolute Gasteiger partial charge is 0.321 e. The second-order valence-electron chi connectivity index (χ2n) is 4.44. The van der Waals surface area contributed by atoms with Crippen molar-refractivity contribution >= 4 is 23.1 Å². The lowest BCUT2D eigenvalue weighted by Crippen LogP contribution is -2.11. The number of hydrogen-bond acceptors (Lipinski definition) is 4. The van der Waals surface area contributed by atoms with Gasteiger partial charge in [0, 0.05) is 5.69 Å². The molecule has 0 bridgehead atoms. The zero-order valence-electron chi connectivity index (χ0n) is 11.1. The van der Waals surface area contributed by atoms with Crippen molar-refractivity contribution in [2.45, 2.75) is 33.1 Å². The molecule has 0 unspecified atom stereocenters. The minimum atomic E-state index is -0.145. The van der Waals surface area contributed by atoms with Crippen molar-refractivity contribution in [3.63, 3.8) is 0 Å². The van der Waals surface area contributed by atoms with Crippen LogP contribution in [0.1, 0.15) is 40.7 Å². The molecule has 2 aromatic rings. The van der Waals surface area contributed by atoms with Crippen LogP contribution in [0.4, 0.5) is 5.69 Å². The molecule has 5 heteroatoms.